The van der Waals surface area contributed by atoms with Crippen LogP contribution in [0.25, 0.3) is 0 Å². The molecule has 1 aromatic heterocycles. The van der Waals surface area contributed by atoms with Crippen molar-refractivity contribution in [3.05, 3.63) is 53.6 Å². The molecule has 0 radical (unpaired) electrons. The van der Waals surface area contributed by atoms with E-state index in [1.54, 1.807) is 6.20 Å². The maximum absolute atomic E-state index is 6.17. The van der Waals surface area contributed by atoms with Crippen LogP contribution in [0.5, 0.6) is 0 Å². The second-order valence-corrected chi connectivity index (χ2v) is 6.37. The Kier molecular flexibility index (Phi) is 4.32. The number of rotatable bonds is 5. The van der Waals surface area contributed by atoms with Crippen LogP contribution in [0.2, 0.25) is 0 Å². The van der Waals surface area contributed by atoms with Gasteiger partial charge in [-0.05, 0) is 26.3 Å². The molecule has 2 heterocycles. The molecule has 1 aliphatic rings. The standard InChI is InChI=1S/C18H24N2O2/c1-14-8-15(2)10-17(9-14)11-18(21-12-16(3)22-18)4-6-20-7-5-19-13-20/h5,7-10,13,16H,4,6,11-12H2,1-3H3. The van der Waals surface area contributed by atoms with Gasteiger partial charge in [0.25, 0.3) is 0 Å². The Morgan fingerprint density at radius 2 is 2.05 bits per heavy atom. The van der Waals surface area contributed by atoms with Crippen molar-refractivity contribution in [2.24, 2.45) is 0 Å². The number of aromatic nitrogens is 2. The van der Waals surface area contributed by atoms with E-state index in [0.29, 0.717) is 6.61 Å². The molecule has 118 valence electrons. The van der Waals surface area contributed by atoms with Crippen LogP contribution >= 0.6 is 0 Å². The normalized spacial score (nSPS) is 24.8. The van der Waals surface area contributed by atoms with Crippen molar-refractivity contribution in [2.75, 3.05) is 6.61 Å². The topological polar surface area (TPSA) is 36.3 Å². The highest BCUT2D eigenvalue weighted by Gasteiger charge is 2.39. The fourth-order valence-electron chi connectivity index (χ4n) is 3.22. The second-order valence-electron chi connectivity index (χ2n) is 6.37. The maximum atomic E-state index is 6.17. The van der Waals surface area contributed by atoms with Crippen molar-refractivity contribution >= 4 is 0 Å². The van der Waals surface area contributed by atoms with Crippen LogP contribution in [0.3, 0.4) is 0 Å². The minimum Gasteiger partial charge on any atom is -0.347 e. The summed E-state index contributed by atoms with van der Waals surface area (Å²) in [6, 6.07) is 6.64. The minimum absolute atomic E-state index is 0.147. The summed E-state index contributed by atoms with van der Waals surface area (Å²) >= 11 is 0. The number of hydrogen-bond acceptors (Lipinski definition) is 3. The molecule has 3 rings (SSSR count). The number of aryl methyl sites for hydroxylation is 3. The zero-order valence-electron chi connectivity index (χ0n) is 13.6. The fourth-order valence-corrected chi connectivity index (χ4v) is 3.22. The van der Waals surface area contributed by atoms with E-state index >= 15 is 0 Å². The fraction of sp³-hybridized carbons (Fsp3) is 0.500. The van der Waals surface area contributed by atoms with Gasteiger partial charge in [-0.3, -0.25) is 0 Å². The summed E-state index contributed by atoms with van der Waals surface area (Å²) in [5.74, 6) is -0.524. The third-order valence-electron chi connectivity index (χ3n) is 4.06. The highest BCUT2D eigenvalue weighted by Crippen LogP contribution is 2.32. The SMILES string of the molecule is Cc1cc(C)cc(CC2(CCn3ccnc3)OCC(C)O2)c1. The van der Waals surface area contributed by atoms with E-state index in [9.17, 15) is 0 Å². The summed E-state index contributed by atoms with van der Waals surface area (Å²) in [7, 11) is 0. The molecule has 2 unspecified atom stereocenters. The van der Waals surface area contributed by atoms with Gasteiger partial charge in [-0.25, -0.2) is 4.98 Å². The first-order valence-electron chi connectivity index (χ1n) is 7.89. The van der Waals surface area contributed by atoms with Crippen molar-refractivity contribution in [2.45, 2.75) is 52.0 Å². The Labute approximate surface area is 132 Å². The first-order valence-corrected chi connectivity index (χ1v) is 7.89. The molecule has 0 aliphatic carbocycles. The van der Waals surface area contributed by atoms with Crippen molar-refractivity contribution in [3.63, 3.8) is 0 Å². The Morgan fingerprint density at radius 1 is 1.27 bits per heavy atom. The van der Waals surface area contributed by atoms with Crippen LogP contribution in [-0.4, -0.2) is 28.0 Å². The van der Waals surface area contributed by atoms with Gasteiger partial charge < -0.3 is 14.0 Å². The number of imidazole rings is 1. The smallest absolute Gasteiger partial charge is 0.174 e. The lowest BCUT2D eigenvalue weighted by Crippen LogP contribution is -2.35. The summed E-state index contributed by atoms with van der Waals surface area (Å²) in [6.45, 7) is 7.84. The molecule has 22 heavy (non-hydrogen) atoms. The van der Waals surface area contributed by atoms with Crippen LogP contribution in [0, 0.1) is 13.8 Å². The van der Waals surface area contributed by atoms with E-state index in [0.717, 1.165) is 19.4 Å². The lowest BCUT2D eigenvalue weighted by atomic mass is 9.98. The minimum atomic E-state index is -0.524. The van der Waals surface area contributed by atoms with Crippen LogP contribution in [0.1, 0.15) is 30.0 Å². The Hall–Kier alpha value is -1.65. The zero-order valence-corrected chi connectivity index (χ0v) is 13.6. The van der Waals surface area contributed by atoms with E-state index in [4.69, 9.17) is 9.47 Å². The summed E-state index contributed by atoms with van der Waals surface area (Å²) < 4.78 is 14.3. The first kappa shape index (κ1) is 15.3. The van der Waals surface area contributed by atoms with Crippen molar-refractivity contribution < 1.29 is 9.47 Å². The molecule has 0 N–H and O–H groups in total. The van der Waals surface area contributed by atoms with E-state index in [2.05, 4.69) is 48.5 Å². The number of ether oxygens (including phenoxy) is 2. The van der Waals surface area contributed by atoms with Gasteiger partial charge in [0, 0.05) is 31.8 Å². The van der Waals surface area contributed by atoms with Crippen molar-refractivity contribution in [1.82, 2.24) is 9.55 Å². The number of nitrogens with zero attached hydrogens (tertiary/aromatic N) is 2. The molecule has 1 saturated heterocycles. The quantitative estimate of drug-likeness (QED) is 0.850. The van der Waals surface area contributed by atoms with Crippen LogP contribution in [0.15, 0.2) is 36.9 Å². The molecular weight excluding hydrogens is 276 g/mol. The predicted molar refractivity (Wildman–Crippen MR) is 85.7 cm³/mol. The van der Waals surface area contributed by atoms with Gasteiger partial charge in [0.1, 0.15) is 0 Å². The molecule has 0 bridgehead atoms. The van der Waals surface area contributed by atoms with Gasteiger partial charge in [0.05, 0.1) is 19.0 Å². The Balaban J connectivity index is 1.76. The Morgan fingerprint density at radius 3 is 2.64 bits per heavy atom. The van der Waals surface area contributed by atoms with Gasteiger partial charge in [0.2, 0.25) is 0 Å². The molecule has 1 fully saturated rings. The highest BCUT2D eigenvalue weighted by atomic mass is 16.7. The van der Waals surface area contributed by atoms with Gasteiger partial charge >= 0.3 is 0 Å². The highest BCUT2D eigenvalue weighted by molar-refractivity contribution is 5.29. The predicted octanol–water partition coefficient (Wildman–Crippen LogP) is 3.26. The summed E-state index contributed by atoms with van der Waals surface area (Å²) in [5.41, 5.74) is 3.84. The van der Waals surface area contributed by atoms with Gasteiger partial charge in [-0.2, -0.15) is 0 Å². The van der Waals surface area contributed by atoms with E-state index in [-0.39, 0.29) is 6.10 Å². The Bertz CT molecular complexity index is 604. The summed E-state index contributed by atoms with van der Waals surface area (Å²) in [5, 5.41) is 0. The summed E-state index contributed by atoms with van der Waals surface area (Å²) in [4.78, 5) is 4.09. The number of benzene rings is 1. The third kappa shape index (κ3) is 3.57. The van der Waals surface area contributed by atoms with Crippen LogP contribution < -0.4 is 0 Å². The molecule has 4 nitrogen and oxygen atoms in total. The van der Waals surface area contributed by atoms with Crippen LogP contribution in [0.4, 0.5) is 0 Å². The second kappa shape index (κ2) is 6.23. The zero-order chi connectivity index (χ0) is 15.6. The van der Waals surface area contributed by atoms with Crippen molar-refractivity contribution in [1.29, 1.82) is 0 Å². The lowest BCUT2D eigenvalue weighted by molar-refractivity contribution is -0.171. The third-order valence-corrected chi connectivity index (χ3v) is 4.06. The molecular formula is C18H24N2O2. The van der Waals surface area contributed by atoms with Crippen LogP contribution in [-0.2, 0) is 22.4 Å². The monoisotopic (exact) mass is 300 g/mol. The lowest BCUT2D eigenvalue weighted by Gasteiger charge is -2.28. The average molecular weight is 300 g/mol. The largest absolute Gasteiger partial charge is 0.347 e. The molecule has 1 aromatic carbocycles. The molecule has 2 atom stereocenters. The maximum Gasteiger partial charge on any atom is 0.174 e. The van der Waals surface area contributed by atoms with Gasteiger partial charge in [-0.1, -0.05) is 29.3 Å². The van der Waals surface area contributed by atoms with E-state index in [1.807, 2.05) is 12.5 Å². The first-order chi connectivity index (χ1) is 10.5. The number of hydrogen-bond donors (Lipinski definition) is 0. The van der Waals surface area contributed by atoms with E-state index in [1.165, 1.54) is 16.7 Å². The van der Waals surface area contributed by atoms with Gasteiger partial charge in [-0.15, -0.1) is 0 Å². The molecule has 2 aromatic rings. The summed E-state index contributed by atoms with van der Waals surface area (Å²) in [6.07, 6.45) is 7.37. The van der Waals surface area contributed by atoms with Crippen molar-refractivity contribution in [3.8, 4) is 0 Å². The molecule has 4 heteroatoms. The molecule has 1 aliphatic heterocycles. The molecule has 0 spiro atoms. The van der Waals surface area contributed by atoms with E-state index < -0.39 is 5.79 Å². The molecule has 0 saturated carbocycles. The average Bonchev–Trinajstić information content (AvgIpc) is 3.06. The molecule has 0 amide bonds. The van der Waals surface area contributed by atoms with Gasteiger partial charge in [0.15, 0.2) is 5.79 Å².